The van der Waals surface area contributed by atoms with Gasteiger partial charge in [0.15, 0.2) is 0 Å². The Hall–Kier alpha value is -1.02. The maximum absolute atomic E-state index is 3.49. The number of hydrogen-bond donors (Lipinski definition) is 2. The summed E-state index contributed by atoms with van der Waals surface area (Å²) in [5, 5.41) is 6.79. The number of fused-ring (bicyclic) bond motifs is 1. The van der Waals surface area contributed by atoms with Gasteiger partial charge in [0, 0.05) is 24.2 Å². The van der Waals surface area contributed by atoms with Gasteiger partial charge in [-0.25, -0.2) is 0 Å². The van der Waals surface area contributed by atoms with Gasteiger partial charge in [0.2, 0.25) is 0 Å². The summed E-state index contributed by atoms with van der Waals surface area (Å²) in [6.45, 7) is 8.37. The van der Waals surface area contributed by atoms with E-state index < -0.39 is 0 Å². The summed E-state index contributed by atoms with van der Waals surface area (Å²) in [6.07, 6.45) is 1.18. The highest BCUT2D eigenvalue weighted by atomic mass is 15.0. The monoisotopic (exact) mass is 220 g/mol. The van der Waals surface area contributed by atoms with E-state index >= 15 is 0 Å². The van der Waals surface area contributed by atoms with Crippen LogP contribution in [0.15, 0.2) is 24.3 Å². The summed E-state index contributed by atoms with van der Waals surface area (Å²) < 4.78 is 0. The Kier molecular flexibility index (Phi) is 4.81. The molecule has 0 saturated carbocycles. The van der Waals surface area contributed by atoms with Crippen LogP contribution >= 0.6 is 0 Å². The first-order valence-electron chi connectivity index (χ1n) is 6.30. The SMILES string of the molecule is CC.CCC1(CNC)CNc2ccccc21. The molecule has 0 aromatic heterocycles. The van der Waals surface area contributed by atoms with Crippen molar-refractivity contribution >= 4 is 5.69 Å². The van der Waals surface area contributed by atoms with E-state index in [1.165, 1.54) is 17.7 Å². The molecule has 0 aliphatic carbocycles. The Balaban J connectivity index is 0.000000606. The fourth-order valence-corrected chi connectivity index (χ4v) is 2.40. The summed E-state index contributed by atoms with van der Waals surface area (Å²) >= 11 is 0. The lowest BCUT2D eigenvalue weighted by molar-refractivity contribution is 0.432. The molecule has 1 unspecified atom stereocenters. The minimum absolute atomic E-state index is 0.297. The summed E-state index contributed by atoms with van der Waals surface area (Å²) in [6, 6.07) is 8.64. The molecule has 1 aliphatic rings. The Morgan fingerprint density at radius 3 is 2.62 bits per heavy atom. The van der Waals surface area contributed by atoms with E-state index in [-0.39, 0.29) is 0 Å². The standard InChI is InChI=1S/C12H18N2.C2H6/c1-3-12(8-13-2)9-14-11-7-5-4-6-10(11)12;1-2/h4-7,13-14H,3,8-9H2,1-2H3;1-2H3. The van der Waals surface area contributed by atoms with Crippen LogP contribution in [0.25, 0.3) is 0 Å². The zero-order chi connectivity index (χ0) is 12.0. The van der Waals surface area contributed by atoms with Gasteiger partial charge in [0.25, 0.3) is 0 Å². The molecule has 2 nitrogen and oxygen atoms in total. The second kappa shape index (κ2) is 5.90. The first kappa shape index (κ1) is 13.0. The van der Waals surface area contributed by atoms with Crippen molar-refractivity contribution in [3.05, 3.63) is 29.8 Å². The fraction of sp³-hybridized carbons (Fsp3) is 0.571. The Morgan fingerprint density at radius 1 is 1.31 bits per heavy atom. The zero-order valence-electron chi connectivity index (χ0n) is 10.9. The largest absolute Gasteiger partial charge is 0.384 e. The van der Waals surface area contributed by atoms with E-state index in [1.54, 1.807) is 0 Å². The third kappa shape index (κ3) is 2.22. The molecule has 1 heterocycles. The molecule has 90 valence electrons. The lowest BCUT2D eigenvalue weighted by Crippen LogP contribution is -2.38. The normalized spacial score (nSPS) is 21.8. The third-order valence-electron chi connectivity index (χ3n) is 3.31. The number of benzene rings is 1. The summed E-state index contributed by atoms with van der Waals surface area (Å²) in [5.74, 6) is 0. The lowest BCUT2D eigenvalue weighted by Gasteiger charge is -2.27. The Bertz CT molecular complexity index is 318. The van der Waals surface area contributed by atoms with Crippen molar-refractivity contribution in [2.24, 2.45) is 0 Å². The highest BCUT2D eigenvalue weighted by molar-refractivity contribution is 5.60. The van der Waals surface area contributed by atoms with Crippen molar-refractivity contribution in [1.82, 2.24) is 5.32 Å². The first-order valence-corrected chi connectivity index (χ1v) is 6.30. The molecular weight excluding hydrogens is 196 g/mol. The van der Waals surface area contributed by atoms with Crippen LogP contribution < -0.4 is 10.6 Å². The highest BCUT2D eigenvalue weighted by Gasteiger charge is 2.36. The summed E-state index contributed by atoms with van der Waals surface area (Å²) in [7, 11) is 2.03. The van der Waals surface area contributed by atoms with Crippen molar-refractivity contribution in [3.8, 4) is 0 Å². The van der Waals surface area contributed by atoms with E-state index in [4.69, 9.17) is 0 Å². The second-order valence-electron chi connectivity index (χ2n) is 4.06. The maximum atomic E-state index is 3.49. The molecule has 0 saturated heterocycles. The average Bonchev–Trinajstić information content (AvgIpc) is 2.73. The van der Waals surface area contributed by atoms with Gasteiger partial charge in [-0.1, -0.05) is 39.0 Å². The minimum atomic E-state index is 0.297. The van der Waals surface area contributed by atoms with E-state index in [9.17, 15) is 0 Å². The van der Waals surface area contributed by atoms with Crippen LogP contribution in [-0.2, 0) is 5.41 Å². The number of likely N-dealkylation sites (N-methyl/N-ethyl adjacent to an activating group) is 1. The van der Waals surface area contributed by atoms with Gasteiger partial charge in [0.05, 0.1) is 0 Å². The summed E-state index contributed by atoms with van der Waals surface area (Å²) in [5.41, 5.74) is 3.08. The van der Waals surface area contributed by atoms with Crippen molar-refractivity contribution in [3.63, 3.8) is 0 Å². The van der Waals surface area contributed by atoms with E-state index in [1.807, 2.05) is 20.9 Å². The maximum Gasteiger partial charge on any atom is 0.0379 e. The van der Waals surface area contributed by atoms with E-state index in [0.717, 1.165) is 13.1 Å². The van der Waals surface area contributed by atoms with Gasteiger partial charge in [-0.15, -0.1) is 0 Å². The molecule has 1 aromatic carbocycles. The molecule has 2 N–H and O–H groups in total. The Morgan fingerprint density at radius 2 is 2.00 bits per heavy atom. The molecule has 2 rings (SSSR count). The number of nitrogens with one attached hydrogen (secondary N) is 2. The van der Waals surface area contributed by atoms with Crippen LogP contribution in [-0.4, -0.2) is 20.1 Å². The minimum Gasteiger partial charge on any atom is -0.384 e. The molecule has 16 heavy (non-hydrogen) atoms. The number of hydrogen-bond acceptors (Lipinski definition) is 2. The van der Waals surface area contributed by atoms with Crippen molar-refractivity contribution < 1.29 is 0 Å². The lowest BCUT2D eigenvalue weighted by atomic mass is 9.80. The van der Waals surface area contributed by atoms with Gasteiger partial charge in [-0.2, -0.15) is 0 Å². The molecule has 1 aliphatic heterocycles. The van der Waals surface area contributed by atoms with E-state index in [0.29, 0.717) is 5.41 Å². The number of anilines is 1. The van der Waals surface area contributed by atoms with Crippen LogP contribution in [0.2, 0.25) is 0 Å². The van der Waals surface area contributed by atoms with Gasteiger partial charge in [-0.3, -0.25) is 0 Å². The van der Waals surface area contributed by atoms with Crippen molar-refractivity contribution in [2.75, 3.05) is 25.5 Å². The molecule has 0 spiro atoms. The topological polar surface area (TPSA) is 24.1 Å². The van der Waals surface area contributed by atoms with Crippen LogP contribution in [0.1, 0.15) is 32.8 Å². The molecule has 1 aromatic rings. The fourth-order valence-electron chi connectivity index (χ4n) is 2.40. The van der Waals surface area contributed by atoms with Gasteiger partial charge in [-0.05, 0) is 25.1 Å². The highest BCUT2D eigenvalue weighted by Crippen LogP contribution is 2.38. The van der Waals surface area contributed by atoms with Crippen LogP contribution in [0.5, 0.6) is 0 Å². The molecule has 0 amide bonds. The quantitative estimate of drug-likeness (QED) is 0.818. The smallest absolute Gasteiger partial charge is 0.0379 e. The predicted molar refractivity (Wildman–Crippen MR) is 72.2 cm³/mol. The predicted octanol–water partition coefficient (Wildman–Crippen LogP) is 3.01. The van der Waals surface area contributed by atoms with Crippen molar-refractivity contribution in [2.45, 2.75) is 32.6 Å². The second-order valence-corrected chi connectivity index (χ2v) is 4.06. The molecule has 0 radical (unpaired) electrons. The number of rotatable bonds is 3. The van der Waals surface area contributed by atoms with Crippen molar-refractivity contribution in [1.29, 1.82) is 0 Å². The first-order chi connectivity index (χ1) is 7.82. The molecule has 1 atom stereocenters. The van der Waals surface area contributed by atoms with Crippen LogP contribution in [0.4, 0.5) is 5.69 Å². The zero-order valence-corrected chi connectivity index (χ0v) is 10.9. The van der Waals surface area contributed by atoms with E-state index in [2.05, 4.69) is 41.8 Å². The molecule has 2 heteroatoms. The molecule has 0 fully saturated rings. The Labute approximate surface area is 99.5 Å². The van der Waals surface area contributed by atoms with Gasteiger partial charge < -0.3 is 10.6 Å². The number of para-hydroxylation sites is 1. The van der Waals surface area contributed by atoms with Gasteiger partial charge >= 0.3 is 0 Å². The van der Waals surface area contributed by atoms with Crippen LogP contribution in [0.3, 0.4) is 0 Å². The average molecular weight is 220 g/mol. The third-order valence-corrected chi connectivity index (χ3v) is 3.31. The van der Waals surface area contributed by atoms with Gasteiger partial charge in [0.1, 0.15) is 0 Å². The molecule has 0 bridgehead atoms. The van der Waals surface area contributed by atoms with Crippen LogP contribution in [0, 0.1) is 0 Å². The molecular formula is C14H24N2. The summed E-state index contributed by atoms with van der Waals surface area (Å²) in [4.78, 5) is 0.